The molecule has 0 atom stereocenters. The van der Waals surface area contributed by atoms with Crippen LogP contribution in [0.4, 0.5) is 0 Å². The van der Waals surface area contributed by atoms with Crippen molar-refractivity contribution in [1.82, 2.24) is 24.9 Å². The van der Waals surface area contributed by atoms with Crippen molar-refractivity contribution >= 4 is 11.7 Å². The Hall–Kier alpha value is -3.16. The van der Waals surface area contributed by atoms with Crippen LogP contribution >= 0.6 is 0 Å². The van der Waals surface area contributed by atoms with Crippen molar-refractivity contribution in [2.24, 2.45) is 0 Å². The van der Waals surface area contributed by atoms with Crippen LogP contribution in [-0.2, 0) is 17.8 Å². The summed E-state index contributed by atoms with van der Waals surface area (Å²) in [7, 11) is 3.19. The predicted octanol–water partition coefficient (Wildman–Crippen LogP) is 2.01. The number of methoxy groups -OCH3 is 2. The third-order valence-electron chi connectivity index (χ3n) is 4.29. The molecule has 0 saturated carbocycles. The van der Waals surface area contributed by atoms with Gasteiger partial charge in [-0.15, -0.1) is 10.2 Å². The van der Waals surface area contributed by atoms with Gasteiger partial charge in [-0.05, 0) is 44.0 Å². The second kappa shape index (κ2) is 8.03. The van der Waals surface area contributed by atoms with E-state index < -0.39 is 0 Å². The summed E-state index contributed by atoms with van der Waals surface area (Å²) >= 11 is 0. The fourth-order valence-corrected chi connectivity index (χ4v) is 2.97. The fraction of sp³-hybridized carbons (Fsp3) is 0.368. The molecule has 0 fully saturated rings. The molecular weight excluding hydrogens is 346 g/mol. The number of carbonyl (C=O) groups excluding carboxylic acids is 1. The Kier molecular flexibility index (Phi) is 5.54. The maximum atomic E-state index is 12.2. The first kappa shape index (κ1) is 18.6. The van der Waals surface area contributed by atoms with E-state index >= 15 is 0 Å². The maximum Gasteiger partial charge on any atom is 0.255 e. The van der Waals surface area contributed by atoms with Crippen LogP contribution in [-0.4, -0.2) is 39.7 Å². The molecule has 27 heavy (non-hydrogen) atoms. The standard InChI is InChI=1S/C19H23N5O3/c1-12-9-13(2)24-17(22-23-19(24)21-12)11-20-18(25)8-6-14-5-7-15(26-3)16(10-14)27-4/h5,7,9-10H,6,8,11H2,1-4H3,(H,20,25). The highest BCUT2D eigenvalue weighted by Crippen LogP contribution is 2.27. The minimum absolute atomic E-state index is 0.0562. The second-order valence-corrected chi connectivity index (χ2v) is 6.26. The molecule has 2 heterocycles. The van der Waals surface area contributed by atoms with Gasteiger partial charge >= 0.3 is 0 Å². The molecule has 142 valence electrons. The van der Waals surface area contributed by atoms with Crippen LogP contribution in [0.15, 0.2) is 24.3 Å². The van der Waals surface area contributed by atoms with Gasteiger partial charge in [0.1, 0.15) is 0 Å². The lowest BCUT2D eigenvalue weighted by molar-refractivity contribution is -0.121. The molecule has 0 aliphatic heterocycles. The molecule has 2 aromatic heterocycles. The summed E-state index contributed by atoms with van der Waals surface area (Å²) < 4.78 is 12.4. The summed E-state index contributed by atoms with van der Waals surface area (Å²) in [5.41, 5.74) is 2.88. The molecule has 0 bridgehead atoms. The topological polar surface area (TPSA) is 90.6 Å². The lowest BCUT2D eigenvalue weighted by atomic mass is 10.1. The first-order valence-electron chi connectivity index (χ1n) is 8.67. The number of aromatic nitrogens is 4. The van der Waals surface area contributed by atoms with E-state index in [0.717, 1.165) is 17.0 Å². The van der Waals surface area contributed by atoms with E-state index in [4.69, 9.17) is 9.47 Å². The number of ether oxygens (including phenoxy) is 2. The molecule has 3 aromatic rings. The SMILES string of the molecule is COc1ccc(CCC(=O)NCc2nnc3nc(C)cc(C)n23)cc1OC. The minimum Gasteiger partial charge on any atom is -0.493 e. The van der Waals surface area contributed by atoms with Gasteiger partial charge in [0.15, 0.2) is 17.3 Å². The molecule has 1 amide bonds. The van der Waals surface area contributed by atoms with Crippen molar-refractivity contribution < 1.29 is 14.3 Å². The average Bonchev–Trinajstić information content (AvgIpc) is 3.07. The van der Waals surface area contributed by atoms with E-state index in [-0.39, 0.29) is 5.91 Å². The van der Waals surface area contributed by atoms with Gasteiger partial charge in [-0.3, -0.25) is 9.20 Å². The van der Waals surface area contributed by atoms with E-state index in [2.05, 4.69) is 20.5 Å². The van der Waals surface area contributed by atoms with E-state index in [1.165, 1.54) is 0 Å². The summed E-state index contributed by atoms with van der Waals surface area (Å²) in [5, 5.41) is 11.1. The highest BCUT2D eigenvalue weighted by Gasteiger charge is 2.11. The minimum atomic E-state index is -0.0562. The van der Waals surface area contributed by atoms with Crippen LogP contribution in [0.2, 0.25) is 0 Å². The Balaban J connectivity index is 1.59. The maximum absolute atomic E-state index is 12.2. The van der Waals surface area contributed by atoms with Crippen LogP contribution < -0.4 is 14.8 Å². The van der Waals surface area contributed by atoms with E-state index in [1.807, 2.05) is 42.5 Å². The molecule has 8 heteroatoms. The number of hydrogen-bond donors (Lipinski definition) is 1. The molecular formula is C19H23N5O3. The zero-order chi connectivity index (χ0) is 19.4. The number of nitrogens with zero attached hydrogens (tertiary/aromatic N) is 4. The van der Waals surface area contributed by atoms with Gasteiger partial charge in [0.05, 0.1) is 20.8 Å². The normalized spacial score (nSPS) is 10.8. The van der Waals surface area contributed by atoms with Crippen LogP contribution in [0.1, 0.15) is 29.2 Å². The summed E-state index contributed by atoms with van der Waals surface area (Å²) in [6, 6.07) is 7.61. The van der Waals surface area contributed by atoms with E-state index in [0.29, 0.717) is 42.5 Å². The number of fused-ring (bicyclic) bond motifs is 1. The summed E-state index contributed by atoms with van der Waals surface area (Å²) in [5.74, 6) is 2.48. The smallest absolute Gasteiger partial charge is 0.255 e. The number of nitrogens with one attached hydrogen (secondary N) is 1. The lowest BCUT2D eigenvalue weighted by Gasteiger charge is -2.10. The van der Waals surface area contributed by atoms with E-state index in [9.17, 15) is 4.79 Å². The van der Waals surface area contributed by atoms with E-state index in [1.54, 1.807) is 14.2 Å². The fourth-order valence-electron chi connectivity index (χ4n) is 2.97. The molecule has 0 saturated heterocycles. The van der Waals surface area contributed by atoms with Crippen LogP contribution in [0.25, 0.3) is 5.78 Å². The van der Waals surface area contributed by atoms with Gasteiger partial charge in [0.25, 0.3) is 5.78 Å². The molecule has 0 aliphatic rings. The van der Waals surface area contributed by atoms with Gasteiger partial charge < -0.3 is 14.8 Å². The molecule has 0 radical (unpaired) electrons. The highest BCUT2D eigenvalue weighted by atomic mass is 16.5. The van der Waals surface area contributed by atoms with Crippen LogP contribution in [0, 0.1) is 13.8 Å². The van der Waals surface area contributed by atoms with Crippen molar-refractivity contribution in [2.75, 3.05) is 14.2 Å². The molecule has 0 spiro atoms. The Morgan fingerprint density at radius 2 is 1.89 bits per heavy atom. The van der Waals surface area contributed by atoms with Crippen molar-refractivity contribution in [1.29, 1.82) is 0 Å². The lowest BCUT2D eigenvalue weighted by Crippen LogP contribution is -2.24. The molecule has 8 nitrogen and oxygen atoms in total. The Morgan fingerprint density at radius 1 is 1.11 bits per heavy atom. The van der Waals surface area contributed by atoms with Crippen molar-refractivity contribution in [3.63, 3.8) is 0 Å². The first-order chi connectivity index (χ1) is 13.0. The third kappa shape index (κ3) is 4.16. The average molecular weight is 369 g/mol. The number of aryl methyl sites for hydroxylation is 3. The number of benzene rings is 1. The molecule has 0 aliphatic carbocycles. The first-order valence-corrected chi connectivity index (χ1v) is 8.67. The number of carbonyl (C=O) groups is 1. The van der Waals surface area contributed by atoms with Crippen LogP contribution in [0.5, 0.6) is 11.5 Å². The molecule has 3 rings (SSSR count). The Bertz CT molecular complexity index is 967. The van der Waals surface area contributed by atoms with Gasteiger partial charge in [0.2, 0.25) is 5.91 Å². The Labute approximate surface area is 157 Å². The second-order valence-electron chi connectivity index (χ2n) is 6.26. The highest BCUT2D eigenvalue weighted by molar-refractivity contribution is 5.76. The summed E-state index contributed by atoms with van der Waals surface area (Å²) in [6.45, 7) is 4.18. The molecule has 1 aromatic carbocycles. The van der Waals surface area contributed by atoms with Gasteiger partial charge in [0, 0.05) is 17.8 Å². The number of hydrogen-bond acceptors (Lipinski definition) is 6. The predicted molar refractivity (Wildman–Crippen MR) is 100.0 cm³/mol. The summed E-state index contributed by atoms with van der Waals surface area (Å²) in [4.78, 5) is 16.6. The largest absolute Gasteiger partial charge is 0.493 e. The van der Waals surface area contributed by atoms with Crippen molar-refractivity contribution in [2.45, 2.75) is 33.2 Å². The number of rotatable bonds is 7. The Morgan fingerprint density at radius 3 is 2.63 bits per heavy atom. The monoisotopic (exact) mass is 369 g/mol. The van der Waals surface area contributed by atoms with Crippen molar-refractivity contribution in [3.8, 4) is 11.5 Å². The molecule has 0 unspecified atom stereocenters. The van der Waals surface area contributed by atoms with Gasteiger partial charge in [-0.1, -0.05) is 6.07 Å². The van der Waals surface area contributed by atoms with Gasteiger partial charge in [-0.25, -0.2) is 4.98 Å². The van der Waals surface area contributed by atoms with Gasteiger partial charge in [-0.2, -0.15) is 0 Å². The summed E-state index contributed by atoms with van der Waals surface area (Å²) in [6.07, 6.45) is 0.967. The van der Waals surface area contributed by atoms with Crippen LogP contribution in [0.3, 0.4) is 0 Å². The molecule has 1 N–H and O–H groups in total. The third-order valence-corrected chi connectivity index (χ3v) is 4.29. The zero-order valence-electron chi connectivity index (χ0n) is 15.9. The number of amides is 1. The quantitative estimate of drug-likeness (QED) is 0.685. The zero-order valence-corrected chi connectivity index (χ0v) is 15.9. The van der Waals surface area contributed by atoms with Crippen molar-refractivity contribution in [3.05, 3.63) is 47.0 Å².